The fraction of sp³-hybridized carbons (Fsp3) is 0.625. The minimum absolute atomic E-state index is 0.484. The third-order valence-electron chi connectivity index (χ3n) is 4.44. The van der Waals surface area contributed by atoms with Gasteiger partial charge < -0.3 is 5.32 Å². The summed E-state index contributed by atoms with van der Waals surface area (Å²) in [5.41, 5.74) is 2.05. The standard InChI is InChI=1S/C16H23N/c1-2-12-17-15(13-8-9-13)16(10-11-16)14-6-4-3-5-7-14/h3-7,13,15,17H,2,8-12H2,1H3. The van der Waals surface area contributed by atoms with Crippen LogP contribution in [0.2, 0.25) is 0 Å². The molecule has 1 heteroatoms. The van der Waals surface area contributed by atoms with Crippen molar-refractivity contribution in [2.24, 2.45) is 5.92 Å². The van der Waals surface area contributed by atoms with Gasteiger partial charge in [-0.1, -0.05) is 37.3 Å². The van der Waals surface area contributed by atoms with Crippen LogP contribution in [0.5, 0.6) is 0 Å². The second-order valence-electron chi connectivity index (χ2n) is 5.79. The molecule has 0 spiro atoms. The van der Waals surface area contributed by atoms with Crippen LogP contribution in [0.3, 0.4) is 0 Å². The Morgan fingerprint density at radius 2 is 1.94 bits per heavy atom. The van der Waals surface area contributed by atoms with Crippen molar-refractivity contribution in [2.75, 3.05) is 6.54 Å². The molecular weight excluding hydrogens is 206 g/mol. The van der Waals surface area contributed by atoms with Gasteiger partial charge in [0.25, 0.3) is 0 Å². The molecule has 1 nitrogen and oxygen atoms in total. The van der Waals surface area contributed by atoms with Crippen LogP contribution >= 0.6 is 0 Å². The van der Waals surface area contributed by atoms with E-state index in [4.69, 9.17) is 0 Å². The first-order chi connectivity index (χ1) is 8.37. The van der Waals surface area contributed by atoms with Crippen molar-refractivity contribution in [3.63, 3.8) is 0 Å². The number of hydrogen-bond acceptors (Lipinski definition) is 1. The zero-order chi connectivity index (χ0) is 11.7. The van der Waals surface area contributed by atoms with Gasteiger partial charge in [-0.2, -0.15) is 0 Å². The van der Waals surface area contributed by atoms with Gasteiger partial charge in [-0.05, 0) is 50.1 Å². The van der Waals surface area contributed by atoms with Crippen molar-refractivity contribution in [2.45, 2.75) is 50.5 Å². The van der Waals surface area contributed by atoms with Gasteiger partial charge in [0, 0.05) is 11.5 Å². The van der Waals surface area contributed by atoms with Gasteiger partial charge in [0.1, 0.15) is 0 Å². The summed E-state index contributed by atoms with van der Waals surface area (Å²) in [7, 11) is 0. The SMILES string of the molecule is CCCNC(C1CC1)C1(c2ccccc2)CC1. The summed E-state index contributed by atoms with van der Waals surface area (Å²) in [4.78, 5) is 0. The molecule has 2 aliphatic rings. The summed E-state index contributed by atoms with van der Waals surface area (Å²) in [6.45, 7) is 3.44. The van der Waals surface area contributed by atoms with Gasteiger partial charge in [-0.25, -0.2) is 0 Å². The van der Waals surface area contributed by atoms with Gasteiger partial charge in [0.05, 0.1) is 0 Å². The summed E-state index contributed by atoms with van der Waals surface area (Å²) >= 11 is 0. The number of nitrogens with one attached hydrogen (secondary N) is 1. The third-order valence-corrected chi connectivity index (χ3v) is 4.44. The summed E-state index contributed by atoms with van der Waals surface area (Å²) in [6, 6.07) is 11.9. The normalized spacial score (nSPS) is 23.4. The highest BCUT2D eigenvalue weighted by molar-refractivity contribution is 5.35. The Kier molecular flexibility index (Phi) is 2.96. The number of benzene rings is 1. The first-order valence-electron chi connectivity index (χ1n) is 7.16. The fourth-order valence-electron chi connectivity index (χ4n) is 3.23. The number of rotatable bonds is 6. The monoisotopic (exact) mass is 229 g/mol. The molecule has 1 N–H and O–H groups in total. The Labute approximate surface area is 105 Å². The molecule has 1 atom stereocenters. The molecule has 1 unspecified atom stereocenters. The average molecular weight is 229 g/mol. The van der Waals surface area contributed by atoms with E-state index in [2.05, 4.69) is 42.6 Å². The maximum atomic E-state index is 3.83. The van der Waals surface area contributed by atoms with Crippen molar-refractivity contribution in [1.82, 2.24) is 5.32 Å². The molecule has 17 heavy (non-hydrogen) atoms. The highest BCUT2D eigenvalue weighted by atomic mass is 15.0. The van der Waals surface area contributed by atoms with Crippen molar-refractivity contribution in [3.8, 4) is 0 Å². The predicted molar refractivity (Wildman–Crippen MR) is 72.2 cm³/mol. The van der Waals surface area contributed by atoms with Crippen molar-refractivity contribution >= 4 is 0 Å². The molecule has 0 heterocycles. The lowest BCUT2D eigenvalue weighted by molar-refractivity contribution is 0.375. The minimum atomic E-state index is 0.484. The Bertz CT molecular complexity index is 362. The van der Waals surface area contributed by atoms with E-state index in [1.165, 1.54) is 38.6 Å². The van der Waals surface area contributed by atoms with E-state index >= 15 is 0 Å². The van der Waals surface area contributed by atoms with Crippen LogP contribution in [0.4, 0.5) is 0 Å². The molecule has 0 bridgehead atoms. The van der Waals surface area contributed by atoms with Crippen LogP contribution in [-0.4, -0.2) is 12.6 Å². The molecular formula is C16H23N. The average Bonchev–Trinajstić information content (AvgIpc) is 3.26. The summed E-state index contributed by atoms with van der Waals surface area (Å²) in [6.07, 6.45) is 6.89. The Balaban J connectivity index is 1.80. The molecule has 0 saturated heterocycles. The number of hydrogen-bond donors (Lipinski definition) is 1. The molecule has 2 fully saturated rings. The maximum absolute atomic E-state index is 3.83. The van der Waals surface area contributed by atoms with Crippen molar-refractivity contribution in [1.29, 1.82) is 0 Å². The first kappa shape index (κ1) is 11.3. The van der Waals surface area contributed by atoms with Crippen molar-refractivity contribution < 1.29 is 0 Å². The van der Waals surface area contributed by atoms with Crippen LogP contribution in [-0.2, 0) is 5.41 Å². The second kappa shape index (κ2) is 4.45. The van der Waals surface area contributed by atoms with E-state index in [0.29, 0.717) is 5.41 Å². The topological polar surface area (TPSA) is 12.0 Å². The molecule has 3 rings (SSSR count). The lowest BCUT2D eigenvalue weighted by Crippen LogP contribution is -2.42. The van der Waals surface area contributed by atoms with Crippen molar-refractivity contribution in [3.05, 3.63) is 35.9 Å². The first-order valence-corrected chi connectivity index (χ1v) is 7.16. The smallest absolute Gasteiger partial charge is 0.0192 e. The quantitative estimate of drug-likeness (QED) is 0.787. The molecule has 0 aliphatic heterocycles. The van der Waals surface area contributed by atoms with Gasteiger partial charge in [0.2, 0.25) is 0 Å². The van der Waals surface area contributed by atoms with Gasteiger partial charge >= 0.3 is 0 Å². The van der Waals surface area contributed by atoms with Crippen LogP contribution in [0.25, 0.3) is 0 Å². The van der Waals surface area contributed by atoms with E-state index < -0.39 is 0 Å². The molecule has 0 amide bonds. The van der Waals surface area contributed by atoms with Gasteiger partial charge in [-0.15, -0.1) is 0 Å². The largest absolute Gasteiger partial charge is 0.313 e. The van der Waals surface area contributed by atoms with E-state index in [9.17, 15) is 0 Å². The summed E-state index contributed by atoms with van der Waals surface area (Å²) in [5.74, 6) is 0.948. The van der Waals surface area contributed by atoms with Crippen LogP contribution in [0, 0.1) is 5.92 Å². The third kappa shape index (κ3) is 2.13. The Morgan fingerprint density at radius 3 is 2.47 bits per heavy atom. The van der Waals surface area contributed by atoms with E-state index in [1.807, 2.05) is 0 Å². The van der Waals surface area contributed by atoms with E-state index in [0.717, 1.165) is 12.0 Å². The summed E-state index contributed by atoms with van der Waals surface area (Å²) in [5, 5.41) is 3.83. The zero-order valence-electron chi connectivity index (χ0n) is 10.8. The lowest BCUT2D eigenvalue weighted by atomic mass is 9.85. The molecule has 2 aliphatic carbocycles. The minimum Gasteiger partial charge on any atom is -0.313 e. The van der Waals surface area contributed by atoms with E-state index in [1.54, 1.807) is 5.56 Å². The molecule has 92 valence electrons. The van der Waals surface area contributed by atoms with Crippen LogP contribution in [0.1, 0.15) is 44.6 Å². The highest BCUT2D eigenvalue weighted by Gasteiger charge is 2.54. The van der Waals surface area contributed by atoms with Crippen LogP contribution < -0.4 is 5.32 Å². The molecule has 1 aromatic rings. The molecule has 2 saturated carbocycles. The van der Waals surface area contributed by atoms with E-state index in [-0.39, 0.29) is 0 Å². The van der Waals surface area contributed by atoms with Crippen LogP contribution in [0.15, 0.2) is 30.3 Å². The van der Waals surface area contributed by atoms with Gasteiger partial charge in [-0.3, -0.25) is 0 Å². The Morgan fingerprint density at radius 1 is 1.24 bits per heavy atom. The zero-order valence-corrected chi connectivity index (χ0v) is 10.8. The Hall–Kier alpha value is -0.820. The summed E-state index contributed by atoms with van der Waals surface area (Å²) < 4.78 is 0. The maximum Gasteiger partial charge on any atom is 0.0192 e. The predicted octanol–water partition coefficient (Wildman–Crippen LogP) is 3.50. The highest BCUT2D eigenvalue weighted by Crippen LogP contribution is 2.56. The lowest BCUT2D eigenvalue weighted by Gasteiger charge is -2.29. The fourth-order valence-corrected chi connectivity index (χ4v) is 3.23. The molecule has 0 aromatic heterocycles. The molecule has 0 radical (unpaired) electrons. The van der Waals surface area contributed by atoms with Gasteiger partial charge in [0.15, 0.2) is 0 Å². The molecule has 1 aromatic carbocycles. The second-order valence-corrected chi connectivity index (χ2v) is 5.79.